The minimum Gasteiger partial charge on any atom is -0.489 e. The van der Waals surface area contributed by atoms with Crippen molar-refractivity contribution >= 4 is 15.9 Å². The molecule has 1 aliphatic rings. The van der Waals surface area contributed by atoms with E-state index in [4.69, 9.17) is 10.00 Å². The predicted molar refractivity (Wildman–Crippen MR) is 66.7 cm³/mol. The minimum absolute atomic E-state index is 0.307. The molecule has 2 rings (SSSR count). The van der Waals surface area contributed by atoms with Gasteiger partial charge in [0.25, 0.3) is 0 Å². The molecule has 1 aromatic carbocycles. The average Bonchev–Trinajstić information content (AvgIpc) is 2.82. The number of nitriles is 1. The lowest BCUT2D eigenvalue weighted by Crippen LogP contribution is -2.11. The number of ether oxygens (including phenoxy) is 1. The van der Waals surface area contributed by atoms with Gasteiger partial charge in [-0.05, 0) is 43.4 Å². The molecule has 1 aliphatic carbocycles. The quantitative estimate of drug-likeness (QED) is 0.789. The van der Waals surface area contributed by atoms with Crippen LogP contribution in [0.25, 0.3) is 0 Å². The highest BCUT2D eigenvalue weighted by molar-refractivity contribution is 9.08. The van der Waals surface area contributed by atoms with E-state index in [1.54, 1.807) is 0 Å². The summed E-state index contributed by atoms with van der Waals surface area (Å²) in [4.78, 5) is 0. The van der Waals surface area contributed by atoms with E-state index in [1.165, 1.54) is 12.8 Å². The lowest BCUT2D eigenvalue weighted by Gasteiger charge is -2.14. The number of benzene rings is 1. The fraction of sp³-hybridized carbons (Fsp3) is 0.462. The van der Waals surface area contributed by atoms with E-state index in [0.717, 1.165) is 29.5 Å². The molecule has 0 unspecified atom stereocenters. The van der Waals surface area contributed by atoms with Crippen LogP contribution in [-0.4, -0.2) is 6.10 Å². The van der Waals surface area contributed by atoms with Crippen molar-refractivity contribution in [2.75, 3.05) is 0 Å². The Morgan fingerprint density at radius 3 is 2.75 bits per heavy atom. The number of hydrogen-bond donors (Lipinski definition) is 0. The van der Waals surface area contributed by atoms with Crippen molar-refractivity contribution in [3.63, 3.8) is 0 Å². The van der Waals surface area contributed by atoms with Crippen molar-refractivity contribution in [1.29, 1.82) is 5.26 Å². The summed E-state index contributed by atoms with van der Waals surface area (Å²) in [5.74, 6) is 0.735. The summed E-state index contributed by atoms with van der Waals surface area (Å²) in [7, 11) is 0. The fourth-order valence-corrected chi connectivity index (χ4v) is 2.38. The van der Waals surface area contributed by atoms with Crippen LogP contribution >= 0.6 is 15.9 Å². The molecule has 0 aliphatic heterocycles. The Hall–Kier alpha value is -1.01. The molecule has 0 atom stereocenters. The third-order valence-corrected chi connectivity index (χ3v) is 3.56. The van der Waals surface area contributed by atoms with Crippen LogP contribution in [0, 0.1) is 11.3 Å². The van der Waals surface area contributed by atoms with Gasteiger partial charge >= 0.3 is 0 Å². The third kappa shape index (κ3) is 2.56. The Balaban J connectivity index is 2.16. The van der Waals surface area contributed by atoms with E-state index >= 15 is 0 Å². The lowest BCUT2D eigenvalue weighted by molar-refractivity contribution is 0.209. The summed E-state index contributed by atoms with van der Waals surface area (Å²) in [5.41, 5.74) is 1.75. The van der Waals surface area contributed by atoms with Gasteiger partial charge in [-0.1, -0.05) is 22.0 Å². The smallest absolute Gasteiger partial charge is 0.137 e. The van der Waals surface area contributed by atoms with E-state index in [-0.39, 0.29) is 0 Å². The Bertz CT molecular complexity index is 405. The highest BCUT2D eigenvalue weighted by atomic mass is 79.9. The van der Waals surface area contributed by atoms with Gasteiger partial charge in [-0.25, -0.2) is 0 Å². The molecule has 0 spiro atoms. The van der Waals surface area contributed by atoms with Crippen molar-refractivity contribution in [1.82, 2.24) is 0 Å². The van der Waals surface area contributed by atoms with Crippen molar-refractivity contribution in [2.45, 2.75) is 37.1 Å². The molecule has 0 N–H and O–H groups in total. The van der Waals surface area contributed by atoms with Crippen molar-refractivity contribution in [3.05, 3.63) is 29.3 Å². The molecule has 1 fully saturated rings. The van der Waals surface area contributed by atoms with Gasteiger partial charge in [-0.3, -0.25) is 0 Å². The summed E-state index contributed by atoms with van der Waals surface area (Å²) in [6.07, 6.45) is 5.02. The summed E-state index contributed by atoms with van der Waals surface area (Å²) in [5, 5.41) is 9.84. The van der Waals surface area contributed by atoms with Gasteiger partial charge in [0, 0.05) is 5.33 Å². The highest BCUT2D eigenvalue weighted by Crippen LogP contribution is 2.27. The second kappa shape index (κ2) is 5.36. The molecule has 0 aromatic heterocycles. The Morgan fingerprint density at radius 2 is 2.12 bits per heavy atom. The van der Waals surface area contributed by atoms with Gasteiger partial charge in [0.15, 0.2) is 0 Å². The van der Waals surface area contributed by atoms with Crippen molar-refractivity contribution in [2.24, 2.45) is 0 Å². The molecule has 0 bridgehead atoms. The molecule has 16 heavy (non-hydrogen) atoms. The topological polar surface area (TPSA) is 33.0 Å². The SMILES string of the molecule is N#Cc1cc(CBr)ccc1OC1CCCC1. The molecule has 2 nitrogen and oxygen atoms in total. The van der Waals surface area contributed by atoms with Gasteiger partial charge in [-0.15, -0.1) is 0 Å². The van der Waals surface area contributed by atoms with Crippen LogP contribution < -0.4 is 4.74 Å². The van der Waals surface area contributed by atoms with Gasteiger partial charge in [0.2, 0.25) is 0 Å². The number of hydrogen-bond acceptors (Lipinski definition) is 2. The predicted octanol–water partition coefficient (Wildman–Crippen LogP) is 3.77. The van der Waals surface area contributed by atoms with Crippen LogP contribution in [0.5, 0.6) is 5.75 Å². The van der Waals surface area contributed by atoms with Gasteiger partial charge in [0.1, 0.15) is 11.8 Å². The maximum atomic E-state index is 9.07. The normalized spacial score (nSPS) is 16.0. The van der Waals surface area contributed by atoms with Crippen LogP contribution in [0.15, 0.2) is 18.2 Å². The maximum Gasteiger partial charge on any atom is 0.137 e. The van der Waals surface area contributed by atoms with E-state index in [1.807, 2.05) is 18.2 Å². The van der Waals surface area contributed by atoms with Crippen LogP contribution in [0.1, 0.15) is 36.8 Å². The van der Waals surface area contributed by atoms with Crippen LogP contribution in [0.3, 0.4) is 0 Å². The Labute approximate surface area is 104 Å². The maximum absolute atomic E-state index is 9.07. The summed E-state index contributed by atoms with van der Waals surface area (Å²) < 4.78 is 5.86. The van der Waals surface area contributed by atoms with Crippen molar-refractivity contribution < 1.29 is 4.74 Å². The van der Waals surface area contributed by atoms with Crippen LogP contribution in [0.2, 0.25) is 0 Å². The largest absolute Gasteiger partial charge is 0.489 e. The van der Waals surface area contributed by atoms with Crippen LogP contribution in [0.4, 0.5) is 0 Å². The zero-order chi connectivity index (χ0) is 11.4. The van der Waals surface area contributed by atoms with E-state index < -0.39 is 0 Å². The number of rotatable bonds is 3. The third-order valence-electron chi connectivity index (χ3n) is 2.91. The van der Waals surface area contributed by atoms with E-state index in [0.29, 0.717) is 11.7 Å². The number of alkyl halides is 1. The highest BCUT2D eigenvalue weighted by Gasteiger charge is 2.17. The minimum atomic E-state index is 0.307. The molecule has 0 amide bonds. The molecule has 1 saturated carbocycles. The number of halogens is 1. The monoisotopic (exact) mass is 279 g/mol. The first-order valence-corrected chi connectivity index (χ1v) is 6.71. The summed E-state index contributed by atoms with van der Waals surface area (Å²) in [6, 6.07) is 8.00. The zero-order valence-electron chi connectivity index (χ0n) is 9.08. The van der Waals surface area contributed by atoms with E-state index in [2.05, 4.69) is 22.0 Å². The fourth-order valence-electron chi connectivity index (χ4n) is 2.04. The molecular formula is C13H14BrNO. The molecule has 3 heteroatoms. The van der Waals surface area contributed by atoms with Gasteiger partial charge < -0.3 is 4.74 Å². The van der Waals surface area contributed by atoms with Gasteiger partial charge in [-0.2, -0.15) is 5.26 Å². The second-order valence-electron chi connectivity index (χ2n) is 4.10. The number of nitrogens with zero attached hydrogens (tertiary/aromatic N) is 1. The second-order valence-corrected chi connectivity index (χ2v) is 4.66. The zero-order valence-corrected chi connectivity index (χ0v) is 10.7. The molecule has 1 aromatic rings. The molecule has 0 saturated heterocycles. The first-order chi connectivity index (χ1) is 7.83. The van der Waals surface area contributed by atoms with E-state index in [9.17, 15) is 0 Å². The van der Waals surface area contributed by atoms with Gasteiger partial charge in [0.05, 0.1) is 11.7 Å². The van der Waals surface area contributed by atoms with Crippen LogP contribution in [-0.2, 0) is 5.33 Å². The summed E-state index contributed by atoms with van der Waals surface area (Å²) in [6.45, 7) is 0. The molecule has 0 heterocycles. The first kappa shape index (κ1) is 11.5. The molecular weight excluding hydrogens is 266 g/mol. The molecule has 0 radical (unpaired) electrons. The Kier molecular flexibility index (Phi) is 3.84. The average molecular weight is 280 g/mol. The summed E-state index contributed by atoms with van der Waals surface area (Å²) >= 11 is 3.38. The molecule has 84 valence electrons. The Morgan fingerprint density at radius 1 is 1.38 bits per heavy atom. The standard InChI is InChI=1S/C13H14BrNO/c14-8-10-5-6-13(11(7-10)9-15)16-12-3-1-2-4-12/h5-7,12H,1-4,8H2. The first-order valence-electron chi connectivity index (χ1n) is 5.59. The lowest BCUT2D eigenvalue weighted by atomic mass is 10.1. The van der Waals surface area contributed by atoms with Crippen molar-refractivity contribution in [3.8, 4) is 11.8 Å².